The maximum atomic E-state index is 13.3. The van der Waals surface area contributed by atoms with Crippen molar-refractivity contribution in [3.8, 4) is 11.4 Å². The number of nitrogens with one attached hydrogen (secondary N) is 1. The molecular weight excluding hydrogens is 381 g/mol. The van der Waals surface area contributed by atoms with Gasteiger partial charge in [-0.2, -0.15) is 5.10 Å². The second-order valence-electron chi connectivity index (χ2n) is 6.27. The van der Waals surface area contributed by atoms with Crippen molar-refractivity contribution in [2.75, 3.05) is 11.9 Å². The van der Waals surface area contributed by atoms with Crippen molar-refractivity contribution < 1.29 is 18.1 Å². The second-order valence-corrected chi connectivity index (χ2v) is 7.73. The van der Waals surface area contributed by atoms with Gasteiger partial charge in [-0.1, -0.05) is 12.1 Å². The first-order chi connectivity index (χ1) is 13.6. The average molecular weight is 399 g/mol. The highest BCUT2D eigenvalue weighted by Gasteiger charge is 2.29. The Hall–Kier alpha value is -3.00. The summed E-state index contributed by atoms with van der Waals surface area (Å²) < 4.78 is 32.4. The molecular formula is C20H18FN3O3S. The van der Waals surface area contributed by atoms with E-state index in [4.69, 9.17) is 4.74 Å². The molecule has 0 radical (unpaired) electrons. The molecule has 0 fully saturated rings. The highest BCUT2D eigenvalue weighted by molar-refractivity contribution is 7.83. The first kappa shape index (κ1) is 18.4. The highest BCUT2D eigenvalue weighted by atomic mass is 32.2. The molecule has 0 saturated carbocycles. The molecule has 0 bridgehead atoms. The molecule has 1 atom stereocenters. The molecule has 4 rings (SSSR count). The Labute approximate surface area is 163 Å². The van der Waals surface area contributed by atoms with Crippen molar-refractivity contribution in [3.05, 3.63) is 71.2 Å². The number of carbonyl (C=O) groups is 1. The molecule has 2 aromatic carbocycles. The summed E-state index contributed by atoms with van der Waals surface area (Å²) in [4.78, 5) is 13.0. The minimum Gasteiger partial charge on any atom is -0.493 e. The molecule has 144 valence electrons. The first-order valence-electron chi connectivity index (χ1n) is 8.81. The Morgan fingerprint density at radius 3 is 2.71 bits per heavy atom. The lowest BCUT2D eigenvalue weighted by Gasteiger charge is -2.13. The van der Waals surface area contributed by atoms with Crippen LogP contribution in [-0.4, -0.2) is 26.5 Å². The lowest BCUT2D eigenvalue weighted by atomic mass is 10.2. The number of anilines is 1. The van der Waals surface area contributed by atoms with E-state index in [1.807, 2.05) is 6.92 Å². The van der Waals surface area contributed by atoms with Crippen LogP contribution in [0.4, 0.5) is 10.2 Å². The van der Waals surface area contributed by atoms with Crippen molar-refractivity contribution in [2.24, 2.45) is 0 Å². The number of aromatic nitrogens is 2. The molecule has 1 N–H and O–H groups in total. The number of nitrogens with zero attached hydrogens (tertiary/aromatic N) is 2. The van der Waals surface area contributed by atoms with Crippen LogP contribution in [0.5, 0.6) is 5.75 Å². The number of hydrogen-bond acceptors (Lipinski definition) is 4. The van der Waals surface area contributed by atoms with Crippen molar-refractivity contribution in [1.82, 2.24) is 9.78 Å². The van der Waals surface area contributed by atoms with E-state index in [0.717, 1.165) is 5.56 Å². The van der Waals surface area contributed by atoms with Crippen LogP contribution in [-0.2, 0) is 22.3 Å². The minimum atomic E-state index is -1.05. The fraction of sp³-hybridized carbons (Fsp3) is 0.200. The maximum Gasteiger partial charge on any atom is 0.260 e. The normalized spacial score (nSPS) is 15.3. The van der Waals surface area contributed by atoms with Gasteiger partial charge in [0.15, 0.2) is 0 Å². The molecule has 0 spiro atoms. The Bertz CT molecular complexity index is 1060. The lowest BCUT2D eigenvalue weighted by molar-refractivity contribution is 0.102. The van der Waals surface area contributed by atoms with Gasteiger partial charge in [-0.05, 0) is 43.3 Å². The van der Waals surface area contributed by atoms with Gasteiger partial charge in [0.25, 0.3) is 5.91 Å². The Morgan fingerprint density at radius 2 is 1.96 bits per heavy atom. The molecule has 8 heteroatoms. The first-order valence-corrected chi connectivity index (χ1v) is 10.3. The molecule has 3 aromatic rings. The summed E-state index contributed by atoms with van der Waals surface area (Å²) in [6.45, 7) is 2.28. The molecule has 1 aliphatic heterocycles. The molecule has 28 heavy (non-hydrogen) atoms. The molecule has 6 nitrogen and oxygen atoms in total. The second kappa shape index (κ2) is 7.55. The lowest BCUT2D eigenvalue weighted by Crippen LogP contribution is -2.17. The quantitative estimate of drug-likeness (QED) is 0.714. The van der Waals surface area contributed by atoms with Crippen molar-refractivity contribution in [3.63, 3.8) is 0 Å². The van der Waals surface area contributed by atoms with Gasteiger partial charge in [-0.15, -0.1) is 0 Å². The summed E-state index contributed by atoms with van der Waals surface area (Å²) in [7, 11) is -1.05. The number of hydrogen-bond donors (Lipinski definition) is 1. The monoisotopic (exact) mass is 399 g/mol. The zero-order chi connectivity index (χ0) is 19.7. The number of halogens is 1. The summed E-state index contributed by atoms with van der Waals surface area (Å²) >= 11 is 0. The third kappa shape index (κ3) is 3.43. The molecule has 1 aliphatic rings. The van der Waals surface area contributed by atoms with Crippen molar-refractivity contribution in [1.29, 1.82) is 0 Å². The topological polar surface area (TPSA) is 73.2 Å². The largest absolute Gasteiger partial charge is 0.493 e. The smallest absolute Gasteiger partial charge is 0.260 e. The zero-order valence-electron chi connectivity index (χ0n) is 15.1. The van der Waals surface area contributed by atoms with E-state index in [-0.39, 0.29) is 11.7 Å². The van der Waals surface area contributed by atoms with E-state index in [2.05, 4.69) is 10.4 Å². The number of carbonyl (C=O) groups excluding carboxylic acids is 1. The van der Waals surface area contributed by atoms with Crippen LogP contribution in [0, 0.1) is 5.82 Å². The van der Waals surface area contributed by atoms with Gasteiger partial charge in [0.1, 0.15) is 17.4 Å². The van der Waals surface area contributed by atoms with Crippen LogP contribution >= 0.6 is 0 Å². The van der Waals surface area contributed by atoms with Gasteiger partial charge in [0.05, 0.1) is 35.1 Å². The molecule has 0 unspecified atom stereocenters. The number of amides is 1. The van der Waals surface area contributed by atoms with E-state index >= 15 is 0 Å². The van der Waals surface area contributed by atoms with Gasteiger partial charge in [0, 0.05) is 16.4 Å². The van der Waals surface area contributed by atoms with Crippen LogP contribution < -0.4 is 10.1 Å². The molecule has 1 aromatic heterocycles. The third-order valence-corrected chi connectivity index (χ3v) is 5.61. The van der Waals surface area contributed by atoms with E-state index in [1.165, 1.54) is 12.1 Å². The predicted octanol–water partition coefficient (Wildman–Crippen LogP) is 3.42. The Morgan fingerprint density at radius 1 is 1.21 bits per heavy atom. The summed E-state index contributed by atoms with van der Waals surface area (Å²) in [5.74, 6) is 0.870. The van der Waals surface area contributed by atoms with Crippen LogP contribution in [0.2, 0.25) is 0 Å². The van der Waals surface area contributed by atoms with Crippen LogP contribution in [0.15, 0.2) is 48.5 Å². The number of ether oxygens (including phenoxy) is 1. The van der Waals surface area contributed by atoms with Gasteiger partial charge in [-0.25, -0.2) is 9.07 Å². The van der Waals surface area contributed by atoms with Crippen molar-refractivity contribution in [2.45, 2.75) is 18.4 Å². The summed E-state index contributed by atoms with van der Waals surface area (Å²) in [5, 5.41) is 7.39. The standard InChI is InChI=1S/C20H18FN3O3S/c1-2-27-18-6-4-3-5-15(18)20(25)22-19-16-11-28(26)12-17(16)23-24(19)14-9-7-13(21)8-10-14/h3-10H,2,11-12H2,1H3,(H,22,25)/t28-/m1/s1. The van der Waals surface area contributed by atoms with Crippen LogP contribution in [0.1, 0.15) is 28.5 Å². The fourth-order valence-corrected chi connectivity index (χ4v) is 4.40. The van der Waals surface area contributed by atoms with Gasteiger partial charge in [-0.3, -0.25) is 9.00 Å². The van der Waals surface area contributed by atoms with Crippen LogP contribution in [0.3, 0.4) is 0 Å². The van der Waals surface area contributed by atoms with Crippen molar-refractivity contribution >= 4 is 22.5 Å². The number of fused-ring (bicyclic) bond motifs is 1. The number of para-hydroxylation sites is 1. The van der Waals surface area contributed by atoms with Gasteiger partial charge >= 0.3 is 0 Å². The summed E-state index contributed by atoms with van der Waals surface area (Å²) in [5.41, 5.74) is 2.42. The molecule has 0 saturated heterocycles. The number of benzene rings is 2. The summed E-state index contributed by atoms with van der Waals surface area (Å²) in [6.07, 6.45) is 0. The van der Waals surface area contributed by atoms with E-state index < -0.39 is 10.8 Å². The Balaban J connectivity index is 1.74. The fourth-order valence-electron chi connectivity index (χ4n) is 3.14. The Kier molecular flexibility index (Phi) is 4.95. The van der Waals surface area contributed by atoms with E-state index in [1.54, 1.807) is 41.1 Å². The molecule has 0 aliphatic carbocycles. The van der Waals surface area contributed by atoms with Gasteiger partial charge in [0.2, 0.25) is 0 Å². The maximum absolute atomic E-state index is 13.3. The zero-order valence-corrected chi connectivity index (χ0v) is 16.0. The highest BCUT2D eigenvalue weighted by Crippen LogP contribution is 2.32. The predicted molar refractivity (Wildman–Crippen MR) is 105 cm³/mol. The third-order valence-electron chi connectivity index (χ3n) is 4.40. The van der Waals surface area contributed by atoms with E-state index in [9.17, 15) is 13.4 Å². The molecule has 2 heterocycles. The van der Waals surface area contributed by atoms with E-state index in [0.29, 0.717) is 46.6 Å². The molecule has 1 amide bonds. The van der Waals surface area contributed by atoms with Crippen LogP contribution in [0.25, 0.3) is 5.69 Å². The minimum absolute atomic E-state index is 0.319. The SMILES string of the molecule is CCOc1ccccc1C(=O)Nc1c2c(nn1-c1ccc(F)cc1)C[S@](=O)C2. The number of rotatable bonds is 5. The van der Waals surface area contributed by atoms with Gasteiger partial charge < -0.3 is 10.1 Å². The average Bonchev–Trinajstić information content (AvgIpc) is 3.20. The summed E-state index contributed by atoms with van der Waals surface area (Å²) in [6, 6.07) is 12.8.